The Kier molecular flexibility index (Phi) is 6.14. The molecule has 0 amide bonds. The summed E-state index contributed by atoms with van der Waals surface area (Å²) in [7, 11) is 0. The van der Waals surface area contributed by atoms with Gasteiger partial charge in [-0.05, 0) is 13.8 Å². The average molecular weight is 90.1 g/mol. The van der Waals surface area contributed by atoms with Gasteiger partial charge in [0.2, 0.25) is 0 Å². The van der Waals surface area contributed by atoms with Crippen LogP contribution in [-0.4, -0.2) is 0 Å². The third-order valence-corrected chi connectivity index (χ3v) is 0.729. The van der Waals surface area contributed by atoms with E-state index >= 15 is 0 Å². The molecule has 0 aliphatic carbocycles. The SMILES string of the molecule is C=C(C)C(=C)C.[H-].[Li+]. The molecule has 0 nitrogen and oxygen atoms in total. The van der Waals surface area contributed by atoms with Crippen molar-refractivity contribution in [3.8, 4) is 0 Å². The molecule has 0 N–H and O–H groups in total. The molecule has 0 aromatic rings. The first-order valence-corrected chi connectivity index (χ1v) is 1.96. The molecule has 0 atom stereocenters. The first-order chi connectivity index (χ1) is 2.64. The largest absolute Gasteiger partial charge is 1.00 e. The molecule has 36 valence electrons. The van der Waals surface area contributed by atoms with Crippen LogP contribution in [0.2, 0.25) is 0 Å². The molecule has 0 bridgehead atoms. The van der Waals surface area contributed by atoms with E-state index in [0.717, 1.165) is 11.1 Å². The fourth-order valence-corrected chi connectivity index (χ4v) is 0. The smallest absolute Gasteiger partial charge is 1.00 e. The Hall–Kier alpha value is 0.0774. The van der Waals surface area contributed by atoms with E-state index in [1.807, 2.05) is 13.8 Å². The maximum atomic E-state index is 3.66. The molecule has 0 aliphatic heterocycles. The molecular formula is C6H11Li. The molecule has 0 aromatic carbocycles. The van der Waals surface area contributed by atoms with Crippen molar-refractivity contribution in [1.29, 1.82) is 0 Å². The van der Waals surface area contributed by atoms with E-state index in [2.05, 4.69) is 13.2 Å². The Morgan fingerprint density at radius 3 is 1.29 bits per heavy atom. The van der Waals surface area contributed by atoms with Crippen LogP contribution in [0.25, 0.3) is 0 Å². The molecule has 0 aliphatic rings. The molecule has 0 saturated carbocycles. The first kappa shape index (κ1) is 10.1. The van der Waals surface area contributed by atoms with E-state index in [1.54, 1.807) is 0 Å². The van der Waals surface area contributed by atoms with Crippen molar-refractivity contribution in [2.24, 2.45) is 0 Å². The van der Waals surface area contributed by atoms with Crippen LogP contribution >= 0.6 is 0 Å². The maximum absolute atomic E-state index is 3.66. The molecule has 0 spiro atoms. The number of rotatable bonds is 1. The number of allylic oxidation sites excluding steroid dienone is 2. The van der Waals surface area contributed by atoms with Crippen LogP contribution in [-0.2, 0) is 0 Å². The Labute approximate surface area is 59.0 Å². The number of hydrogen-bond donors (Lipinski definition) is 0. The topological polar surface area (TPSA) is 0 Å². The summed E-state index contributed by atoms with van der Waals surface area (Å²) in [4.78, 5) is 0. The Bertz CT molecular complexity index is 74.5. The summed E-state index contributed by atoms with van der Waals surface area (Å²) >= 11 is 0. The van der Waals surface area contributed by atoms with Crippen molar-refractivity contribution < 1.29 is 20.3 Å². The molecule has 7 heavy (non-hydrogen) atoms. The molecular weight excluding hydrogens is 79.0 g/mol. The van der Waals surface area contributed by atoms with Crippen molar-refractivity contribution in [2.75, 3.05) is 0 Å². The standard InChI is InChI=1S/C6H10.Li.H/c1-5(2)6(3)4;;/h1,3H2,2,4H3;;/q;+1;-1. The van der Waals surface area contributed by atoms with Gasteiger partial charge < -0.3 is 1.43 Å². The van der Waals surface area contributed by atoms with Crippen LogP contribution in [0.1, 0.15) is 15.3 Å². The van der Waals surface area contributed by atoms with Crippen LogP contribution in [0, 0.1) is 0 Å². The van der Waals surface area contributed by atoms with E-state index in [0.29, 0.717) is 0 Å². The van der Waals surface area contributed by atoms with Gasteiger partial charge in [0.25, 0.3) is 0 Å². The monoisotopic (exact) mass is 90.1 g/mol. The molecule has 0 rings (SSSR count). The van der Waals surface area contributed by atoms with Gasteiger partial charge in [-0.2, -0.15) is 0 Å². The zero-order valence-corrected chi connectivity index (χ0v) is 5.41. The van der Waals surface area contributed by atoms with Crippen LogP contribution in [0.4, 0.5) is 0 Å². The summed E-state index contributed by atoms with van der Waals surface area (Å²) in [6.45, 7) is 11.2. The zero-order valence-electron chi connectivity index (χ0n) is 6.41. The van der Waals surface area contributed by atoms with Crippen molar-refractivity contribution in [1.82, 2.24) is 0 Å². The Balaban J connectivity index is -0.000000125. The fourth-order valence-electron chi connectivity index (χ4n) is 0. The van der Waals surface area contributed by atoms with Crippen LogP contribution in [0.5, 0.6) is 0 Å². The number of hydrogen-bond acceptors (Lipinski definition) is 0. The summed E-state index contributed by atoms with van der Waals surface area (Å²) < 4.78 is 0. The third-order valence-electron chi connectivity index (χ3n) is 0.729. The van der Waals surface area contributed by atoms with Gasteiger partial charge in [0, 0.05) is 0 Å². The van der Waals surface area contributed by atoms with Gasteiger partial charge in [0.15, 0.2) is 0 Å². The van der Waals surface area contributed by atoms with E-state index in [-0.39, 0.29) is 20.3 Å². The maximum Gasteiger partial charge on any atom is 1.00 e. The minimum Gasteiger partial charge on any atom is -1.00 e. The third kappa shape index (κ3) is 6.08. The minimum absolute atomic E-state index is 0. The van der Waals surface area contributed by atoms with Gasteiger partial charge in [-0.25, -0.2) is 0 Å². The van der Waals surface area contributed by atoms with Gasteiger partial charge >= 0.3 is 18.9 Å². The second kappa shape index (κ2) is 4.24. The molecule has 0 fully saturated rings. The van der Waals surface area contributed by atoms with Crippen molar-refractivity contribution in [2.45, 2.75) is 13.8 Å². The van der Waals surface area contributed by atoms with Gasteiger partial charge in [-0.15, -0.1) is 0 Å². The first-order valence-electron chi connectivity index (χ1n) is 1.96. The molecule has 1 heteroatoms. The molecule has 0 unspecified atom stereocenters. The summed E-state index contributed by atoms with van der Waals surface area (Å²) in [5, 5.41) is 0. The molecule has 0 radical (unpaired) electrons. The van der Waals surface area contributed by atoms with E-state index in [9.17, 15) is 0 Å². The zero-order chi connectivity index (χ0) is 5.15. The quantitative estimate of drug-likeness (QED) is 0.294. The van der Waals surface area contributed by atoms with E-state index in [4.69, 9.17) is 0 Å². The second-order valence-electron chi connectivity index (χ2n) is 1.56. The average Bonchev–Trinajstić information content (AvgIpc) is 1.36. The summed E-state index contributed by atoms with van der Waals surface area (Å²) in [5.74, 6) is 0. The van der Waals surface area contributed by atoms with Gasteiger partial charge in [-0.1, -0.05) is 24.3 Å². The van der Waals surface area contributed by atoms with Crippen LogP contribution < -0.4 is 18.9 Å². The van der Waals surface area contributed by atoms with Gasteiger partial charge in [0.05, 0.1) is 0 Å². The Morgan fingerprint density at radius 2 is 1.29 bits per heavy atom. The van der Waals surface area contributed by atoms with Crippen LogP contribution in [0.3, 0.4) is 0 Å². The second-order valence-corrected chi connectivity index (χ2v) is 1.56. The van der Waals surface area contributed by atoms with Crippen molar-refractivity contribution in [3.63, 3.8) is 0 Å². The summed E-state index contributed by atoms with van der Waals surface area (Å²) in [5.41, 5.74) is 2.13. The van der Waals surface area contributed by atoms with Crippen molar-refractivity contribution >= 4 is 0 Å². The molecule has 0 heterocycles. The minimum atomic E-state index is 0. The Morgan fingerprint density at radius 1 is 1.14 bits per heavy atom. The summed E-state index contributed by atoms with van der Waals surface area (Å²) in [6.07, 6.45) is 0. The normalized spacial score (nSPS) is 6.57. The predicted octanol–water partition coefficient (Wildman–Crippen LogP) is -0.745. The molecule has 0 aromatic heterocycles. The predicted molar refractivity (Wildman–Crippen MR) is 30.7 cm³/mol. The summed E-state index contributed by atoms with van der Waals surface area (Å²) in [6, 6.07) is 0. The van der Waals surface area contributed by atoms with Gasteiger partial charge in [0.1, 0.15) is 0 Å². The van der Waals surface area contributed by atoms with Crippen molar-refractivity contribution in [3.05, 3.63) is 24.3 Å². The van der Waals surface area contributed by atoms with Gasteiger partial charge in [-0.3, -0.25) is 0 Å². The van der Waals surface area contributed by atoms with Crippen LogP contribution in [0.15, 0.2) is 24.3 Å². The van der Waals surface area contributed by atoms with E-state index in [1.165, 1.54) is 0 Å². The molecule has 0 saturated heterocycles. The van der Waals surface area contributed by atoms with E-state index < -0.39 is 0 Å². The fraction of sp³-hybridized carbons (Fsp3) is 0.333.